The van der Waals surface area contributed by atoms with Crippen molar-refractivity contribution in [1.82, 2.24) is 0 Å². The molecule has 4 heteroatoms. The number of carboxylic acids is 1. The molecule has 0 aromatic rings. The lowest BCUT2D eigenvalue weighted by atomic mass is 9.75. The average molecular weight is 196 g/mol. The van der Waals surface area contributed by atoms with Crippen molar-refractivity contribution >= 4 is 11.9 Å². The standard InChI is InChI=1S/C10H12O4/c1-5-7-3-2-6(9(11)12)4-8(7)10(13)14-5/h6-8H,1-4H2,(H,11,12). The minimum absolute atomic E-state index is 0.0538. The molecule has 1 N–H and O–H groups in total. The Bertz CT molecular complexity index is 307. The molecule has 0 amide bonds. The summed E-state index contributed by atoms with van der Waals surface area (Å²) in [7, 11) is 0. The number of hydrogen-bond acceptors (Lipinski definition) is 3. The van der Waals surface area contributed by atoms with Gasteiger partial charge in [-0.1, -0.05) is 6.58 Å². The summed E-state index contributed by atoms with van der Waals surface area (Å²) in [5.41, 5.74) is 0. The maximum atomic E-state index is 11.3. The molecule has 0 aromatic heterocycles. The number of ether oxygens (including phenoxy) is 1. The van der Waals surface area contributed by atoms with E-state index >= 15 is 0 Å². The van der Waals surface area contributed by atoms with Gasteiger partial charge >= 0.3 is 11.9 Å². The first-order valence-electron chi connectivity index (χ1n) is 4.73. The molecule has 4 nitrogen and oxygen atoms in total. The number of carboxylic acid groups (broad SMARTS) is 1. The summed E-state index contributed by atoms with van der Waals surface area (Å²) in [6.45, 7) is 3.67. The molecular weight excluding hydrogens is 184 g/mol. The monoisotopic (exact) mass is 196 g/mol. The van der Waals surface area contributed by atoms with Crippen molar-refractivity contribution < 1.29 is 19.4 Å². The van der Waals surface area contributed by atoms with E-state index in [0.717, 1.165) is 0 Å². The van der Waals surface area contributed by atoms with E-state index in [2.05, 4.69) is 6.58 Å². The van der Waals surface area contributed by atoms with Crippen LogP contribution in [0.1, 0.15) is 19.3 Å². The average Bonchev–Trinajstić information content (AvgIpc) is 2.42. The number of allylic oxidation sites excluding steroid dienone is 1. The Labute approximate surface area is 81.6 Å². The van der Waals surface area contributed by atoms with Gasteiger partial charge in [0, 0.05) is 5.92 Å². The summed E-state index contributed by atoms with van der Waals surface area (Å²) in [5, 5.41) is 8.84. The fourth-order valence-corrected chi connectivity index (χ4v) is 2.32. The van der Waals surface area contributed by atoms with E-state index in [0.29, 0.717) is 25.0 Å². The molecule has 2 rings (SSSR count). The van der Waals surface area contributed by atoms with Crippen molar-refractivity contribution in [2.45, 2.75) is 19.3 Å². The number of cyclic esters (lactones) is 1. The molecule has 1 heterocycles. The summed E-state index contributed by atoms with van der Waals surface area (Å²) >= 11 is 0. The maximum absolute atomic E-state index is 11.3. The van der Waals surface area contributed by atoms with E-state index in [1.165, 1.54) is 0 Å². The highest BCUT2D eigenvalue weighted by Crippen LogP contribution is 2.43. The van der Waals surface area contributed by atoms with Crippen LogP contribution in [0.4, 0.5) is 0 Å². The predicted molar refractivity (Wildman–Crippen MR) is 47.2 cm³/mol. The van der Waals surface area contributed by atoms with E-state index in [1.807, 2.05) is 0 Å². The molecule has 3 unspecified atom stereocenters. The number of carbonyl (C=O) groups is 2. The van der Waals surface area contributed by atoms with Crippen molar-refractivity contribution in [3.05, 3.63) is 12.3 Å². The molecule has 1 aliphatic carbocycles. The van der Waals surface area contributed by atoms with Gasteiger partial charge in [0.15, 0.2) is 0 Å². The minimum atomic E-state index is -0.811. The lowest BCUT2D eigenvalue weighted by Crippen LogP contribution is -2.29. The van der Waals surface area contributed by atoms with Gasteiger partial charge in [0.2, 0.25) is 0 Å². The molecule has 1 saturated heterocycles. The third-order valence-corrected chi connectivity index (χ3v) is 3.15. The van der Waals surface area contributed by atoms with Crippen LogP contribution < -0.4 is 0 Å². The van der Waals surface area contributed by atoms with Gasteiger partial charge in [-0.25, -0.2) is 0 Å². The lowest BCUT2D eigenvalue weighted by molar-refractivity contribution is -0.145. The first-order chi connectivity index (χ1) is 6.59. The SMILES string of the molecule is C=C1OC(=O)C2CC(C(=O)O)CCC12. The first kappa shape index (κ1) is 9.24. The molecule has 0 radical (unpaired) electrons. The van der Waals surface area contributed by atoms with Crippen LogP contribution in [-0.2, 0) is 14.3 Å². The number of esters is 1. The molecule has 3 atom stereocenters. The third-order valence-electron chi connectivity index (χ3n) is 3.15. The van der Waals surface area contributed by atoms with Gasteiger partial charge in [-0.15, -0.1) is 0 Å². The smallest absolute Gasteiger partial charge is 0.314 e. The van der Waals surface area contributed by atoms with Crippen molar-refractivity contribution in [1.29, 1.82) is 0 Å². The van der Waals surface area contributed by atoms with Gasteiger partial charge in [-0.2, -0.15) is 0 Å². The molecule has 0 bridgehead atoms. The summed E-state index contributed by atoms with van der Waals surface area (Å²) in [6, 6.07) is 0. The Hall–Kier alpha value is -1.32. The molecule has 14 heavy (non-hydrogen) atoms. The van der Waals surface area contributed by atoms with Gasteiger partial charge in [-0.05, 0) is 19.3 Å². The van der Waals surface area contributed by atoms with E-state index in [-0.39, 0.29) is 17.8 Å². The first-order valence-corrected chi connectivity index (χ1v) is 4.73. The highest BCUT2D eigenvalue weighted by atomic mass is 16.5. The van der Waals surface area contributed by atoms with Gasteiger partial charge in [0.1, 0.15) is 5.76 Å². The third kappa shape index (κ3) is 1.31. The van der Waals surface area contributed by atoms with Crippen LogP contribution in [0.25, 0.3) is 0 Å². The molecule has 76 valence electrons. The van der Waals surface area contributed by atoms with Crippen LogP contribution in [0.2, 0.25) is 0 Å². The Balaban J connectivity index is 2.13. The normalized spacial score (nSPS) is 36.4. The van der Waals surface area contributed by atoms with E-state index < -0.39 is 11.9 Å². The second kappa shape index (κ2) is 3.12. The van der Waals surface area contributed by atoms with Crippen LogP contribution in [0.15, 0.2) is 12.3 Å². The molecular formula is C10H12O4. The Morgan fingerprint density at radius 1 is 1.43 bits per heavy atom. The fraction of sp³-hybridized carbons (Fsp3) is 0.600. The van der Waals surface area contributed by atoms with E-state index in [1.54, 1.807) is 0 Å². The highest BCUT2D eigenvalue weighted by Gasteiger charge is 2.45. The fourth-order valence-electron chi connectivity index (χ4n) is 2.32. The predicted octanol–water partition coefficient (Wildman–Crippen LogP) is 1.17. The highest BCUT2D eigenvalue weighted by molar-refractivity contribution is 5.79. The van der Waals surface area contributed by atoms with Crippen LogP contribution in [0, 0.1) is 17.8 Å². The molecule has 0 aromatic carbocycles. The zero-order valence-electron chi connectivity index (χ0n) is 7.73. The summed E-state index contributed by atoms with van der Waals surface area (Å²) < 4.78 is 4.91. The van der Waals surface area contributed by atoms with Gasteiger partial charge in [0.25, 0.3) is 0 Å². The van der Waals surface area contributed by atoms with Crippen LogP contribution >= 0.6 is 0 Å². The van der Waals surface area contributed by atoms with Gasteiger partial charge < -0.3 is 9.84 Å². The molecule has 1 aliphatic heterocycles. The Kier molecular flexibility index (Phi) is 2.06. The molecule has 2 fully saturated rings. The number of aliphatic carboxylic acids is 1. The van der Waals surface area contributed by atoms with E-state index in [4.69, 9.17) is 9.84 Å². The van der Waals surface area contributed by atoms with Crippen molar-refractivity contribution in [3.63, 3.8) is 0 Å². The molecule has 1 saturated carbocycles. The van der Waals surface area contributed by atoms with Crippen LogP contribution in [-0.4, -0.2) is 17.0 Å². The number of hydrogen-bond donors (Lipinski definition) is 1. The quantitative estimate of drug-likeness (QED) is 0.639. The van der Waals surface area contributed by atoms with Crippen molar-refractivity contribution in [3.8, 4) is 0 Å². The van der Waals surface area contributed by atoms with Gasteiger partial charge in [0.05, 0.1) is 11.8 Å². The number of carbonyl (C=O) groups excluding carboxylic acids is 1. The molecule has 2 aliphatic rings. The lowest BCUT2D eigenvalue weighted by Gasteiger charge is -2.25. The van der Waals surface area contributed by atoms with Gasteiger partial charge in [-0.3, -0.25) is 9.59 Å². The summed E-state index contributed by atoms with van der Waals surface area (Å²) in [6.07, 6.45) is 1.72. The second-order valence-electron chi connectivity index (χ2n) is 3.95. The zero-order valence-corrected chi connectivity index (χ0v) is 7.73. The Morgan fingerprint density at radius 2 is 2.14 bits per heavy atom. The number of fused-ring (bicyclic) bond motifs is 1. The summed E-state index contributed by atoms with van der Waals surface area (Å²) in [5.74, 6) is -1.20. The zero-order chi connectivity index (χ0) is 10.3. The number of rotatable bonds is 1. The topological polar surface area (TPSA) is 63.6 Å². The van der Waals surface area contributed by atoms with Crippen molar-refractivity contribution in [2.75, 3.05) is 0 Å². The van der Waals surface area contributed by atoms with E-state index in [9.17, 15) is 9.59 Å². The van der Waals surface area contributed by atoms with Crippen LogP contribution in [0.3, 0.4) is 0 Å². The van der Waals surface area contributed by atoms with Crippen molar-refractivity contribution in [2.24, 2.45) is 17.8 Å². The van der Waals surface area contributed by atoms with Crippen LogP contribution in [0.5, 0.6) is 0 Å². The summed E-state index contributed by atoms with van der Waals surface area (Å²) in [4.78, 5) is 22.1. The largest absolute Gasteiger partial charge is 0.481 e. The second-order valence-corrected chi connectivity index (χ2v) is 3.95. The minimum Gasteiger partial charge on any atom is -0.481 e. The maximum Gasteiger partial charge on any atom is 0.314 e. The Morgan fingerprint density at radius 3 is 2.79 bits per heavy atom. The molecule has 0 spiro atoms.